The normalized spacial score (nSPS) is 22.8. The summed E-state index contributed by atoms with van der Waals surface area (Å²) in [6, 6.07) is 16.7. The van der Waals surface area contributed by atoms with Gasteiger partial charge in [0.2, 0.25) is 0 Å². The number of amides is 4. The van der Waals surface area contributed by atoms with E-state index in [1.165, 1.54) is 4.90 Å². The number of nitrogens with one attached hydrogen (secondary N) is 1. The molecule has 1 aliphatic carbocycles. The first-order valence-electron chi connectivity index (χ1n) is 11.4. The van der Waals surface area contributed by atoms with Crippen LogP contribution in [0, 0.1) is 0 Å². The summed E-state index contributed by atoms with van der Waals surface area (Å²) in [4.78, 5) is 43.2. The van der Waals surface area contributed by atoms with Gasteiger partial charge in [-0.3, -0.25) is 14.5 Å². The highest BCUT2D eigenvalue weighted by molar-refractivity contribution is 6.46. The molecule has 0 aromatic heterocycles. The van der Waals surface area contributed by atoms with Crippen LogP contribution in [0.25, 0.3) is 0 Å². The molecule has 33 heavy (non-hydrogen) atoms. The van der Waals surface area contributed by atoms with Crippen LogP contribution >= 0.6 is 0 Å². The second-order valence-electron chi connectivity index (χ2n) is 8.63. The van der Waals surface area contributed by atoms with E-state index in [9.17, 15) is 14.4 Å². The number of carbonyl (C=O) groups excluding carboxylic acids is 3. The number of rotatable bonds is 7. The molecule has 4 amide bonds. The molecule has 1 saturated carbocycles. The van der Waals surface area contributed by atoms with Crippen molar-refractivity contribution in [2.24, 2.45) is 4.99 Å². The standard InChI is InChI=1S/C26H29N3O4/c1-3-21-24(31)29(25(32)28-21)19-13-15-26(16-14-19,18-9-5-4-6-10-18)17-27-23(30)20-11-7-8-12-22(20)33-2/h4-12,19H,3,13-17H2,1-2H3,(H,27,30)/t19-,26-. The molecule has 2 aromatic rings. The Morgan fingerprint density at radius 3 is 2.39 bits per heavy atom. The molecule has 2 aromatic carbocycles. The zero-order valence-electron chi connectivity index (χ0n) is 19.0. The molecule has 0 radical (unpaired) electrons. The quantitative estimate of drug-likeness (QED) is 0.692. The Morgan fingerprint density at radius 1 is 1.09 bits per heavy atom. The Balaban J connectivity index is 1.51. The zero-order valence-corrected chi connectivity index (χ0v) is 19.0. The molecule has 1 heterocycles. The van der Waals surface area contributed by atoms with Crippen LogP contribution < -0.4 is 10.1 Å². The van der Waals surface area contributed by atoms with E-state index in [1.807, 2.05) is 37.3 Å². The van der Waals surface area contributed by atoms with Crippen molar-refractivity contribution in [3.8, 4) is 5.75 Å². The van der Waals surface area contributed by atoms with Gasteiger partial charge in [0.25, 0.3) is 11.8 Å². The first kappa shape index (κ1) is 22.7. The number of methoxy groups -OCH3 is 1. The van der Waals surface area contributed by atoms with Crippen molar-refractivity contribution >= 4 is 23.6 Å². The number of benzene rings is 2. The molecule has 172 valence electrons. The van der Waals surface area contributed by atoms with Crippen molar-refractivity contribution in [1.29, 1.82) is 0 Å². The van der Waals surface area contributed by atoms with Gasteiger partial charge in [0.1, 0.15) is 11.5 Å². The maximum Gasteiger partial charge on any atom is 0.351 e. The number of nitrogens with zero attached hydrogens (tertiary/aromatic N) is 2. The molecular formula is C26H29N3O4. The highest BCUT2D eigenvalue weighted by Crippen LogP contribution is 2.41. The minimum absolute atomic E-state index is 0.167. The Hall–Kier alpha value is -3.48. The lowest BCUT2D eigenvalue weighted by Crippen LogP contribution is -2.49. The van der Waals surface area contributed by atoms with Crippen LogP contribution in [0.3, 0.4) is 0 Å². The molecular weight excluding hydrogens is 418 g/mol. The summed E-state index contributed by atoms with van der Waals surface area (Å²) < 4.78 is 5.34. The molecule has 0 bridgehead atoms. The van der Waals surface area contributed by atoms with Gasteiger partial charge in [-0.2, -0.15) is 4.99 Å². The van der Waals surface area contributed by atoms with Gasteiger partial charge in [-0.15, -0.1) is 0 Å². The largest absolute Gasteiger partial charge is 0.496 e. The van der Waals surface area contributed by atoms with Crippen LogP contribution in [-0.4, -0.2) is 48.2 Å². The predicted molar refractivity (Wildman–Crippen MR) is 126 cm³/mol. The molecule has 4 rings (SSSR count). The molecule has 1 N–H and O–H groups in total. The van der Waals surface area contributed by atoms with Crippen LogP contribution in [0.4, 0.5) is 4.79 Å². The Kier molecular flexibility index (Phi) is 6.58. The van der Waals surface area contributed by atoms with Gasteiger partial charge in [-0.1, -0.05) is 49.4 Å². The fourth-order valence-corrected chi connectivity index (χ4v) is 4.94. The smallest absolute Gasteiger partial charge is 0.351 e. The summed E-state index contributed by atoms with van der Waals surface area (Å²) in [5.41, 5.74) is 1.70. The molecule has 1 fully saturated rings. The fourth-order valence-electron chi connectivity index (χ4n) is 4.94. The van der Waals surface area contributed by atoms with E-state index in [-0.39, 0.29) is 23.3 Å². The lowest BCUT2D eigenvalue weighted by Gasteiger charge is -2.42. The number of carbonyl (C=O) groups is 3. The Labute approximate surface area is 193 Å². The number of ether oxygens (including phenoxy) is 1. The van der Waals surface area contributed by atoms with Gasteiger partial charge in [0.15, 0.2) is 0 Å². The van der Waals surface area contributed by atoms with E-state index in [1.54, 1.807) is 19.2 Å². The van der Waals surface area contributed by atoms with Crippen LogP contribution in [0.5, 0.6) is 5.75 Å². The van der Waals surface area contributed by atoms with E-state index in [0.29, 0.717) is 42.8 Å². The van der Waals surface area contributed by atoms with Crippen molar-refractivity contribution in [3.63, 3.8) is 0 Å². The van der Waals surface area contributed by atoms with Gasteiger partial charge < -0.3 is 10.1 Å². The lowest BCUT2D eigenvalue weighted by molar-refractivity contribution is -0.123. The van der Waals surface area contributed by atoms with E-state index < -0.39 is 6.03 Å². The fraction of sp³-hybridized carbons (Fsp3) is 0.385. The molecule has 0 saturated heterocycles. The van der Waals surface area contributed by atoms with Gasteiger partial charge >= 0.3 is 6.03 Å². The average Bonchev–Trinajstić information content (AvgIpc) is 3.16. The summed E-state index contributed by atoms with van der Waals surface area (Å²) in [5.74, 6) is 0.0882. The first-order chi connectivity index (χ1) is 16.0. The third kappa shape index (κ3) is 4.40. The Morgan fingerprint density at radius 2 is 1.76 bits per heavy atom. The molecule has 0 atom stereocenters. The third-order valence-corrected chi connectivity index (χ3v) is 6.84. The highest BCUT2D eigenvalue weighted by Gasteiger charge is 2.43. The molecule has 0 spiro atoms. The number of para-hydroxylation sites is 1. The topological polar surface area (TPSA) is 88.1 Å². The second kappa shape index (κ2) is 9.57. The lowest BCUT2D eigenvalue weighted by atomic mass is 9.67. The van der Waals surface area contributed by atoms with E-state index in [0.717, 1.165) is 18.4 Å². The Bertz CT molecular complexity index is 1070. The molecule has 1 aliphatic heterocycles. The number of hydrogen-bond donors (Lipinski definition) is 1. The molecule has 0 unspecified atom stereocenters. The number of aliphatic imine (C=N–C) groups is 1. The van der Waals surface area contributed by atoms with Crippen LogP contribution in [0.2, 0.25) is 0 Å². The van der Waals surface area contributed by atoms with E-state index in [2.05, 4.69) is 22.4 Å². The summed E-state index contributed by atoms with van der Waals surface area (Å²) in [6.45, 7) is 2.29. The zero-order chi connectivity index (χ0) is 23.4. The maximum absolute atomic E-state index is 13.0. The predicted octanol–water partition coefficient (Wildman–Crippen LogP) is 4.12. The number of urea groups is 1. The number of hydrogen-bond acceptors (Lipinski definition) is 4. The van der Waals surface area contributed by atoms with Crippen molar-refractivity contribution in [2.45, 2.75) is 50.5 Å². The van der Waals surface area contributed by atoms with Crippen LogP contribution in [0.1, 0.15) is 54.9 Å². The van der Waals surface area contributed by atoms with Gasteiger partial charge in [-0.25, -0.2) is 4.79 Å². The molecule has 7 nitrogen and oxygen atoms in total. The first-order valence-corrected chi connectivity index (χ1v) is 11.4. The van der Waals surface area contributed by atoms with Gasteiger partial charge in [0.05, 0.1) is 12.7 Å². The maximum atomic E-state index is 13.0. The van der Waals surface area contributed by atoms with Crippen LogP contribution in [0.15, 0.2) is 59.6 Å². The monoisotopic (exact) mass is 447 g/mol. The second-order valence-corrected chi connectivity index (χ2v) is 8.63. The minimum atomic E-state index is -0.446. The van der Waals surface area contributed by atoms with Crippen LogP contribution in [-0.2, 0) is 10.2 Å². The van der Waals surface area contributed by atoms with Crippen molar-refractivity contribution < 1.29 is 19.1 Å². The molecule has 7 heteroatoms. The summed E-state index contributed by atoms with van der Waals surface area (Å²) in [6.07, 6.45) is 3.28. The van der Waals surface area contributed by atoms with E-state index >= 15 is 0 Å². The highest BCUT2D eigenvalue weighted by atomic mass is 16.5. The van der Waals surface area contributed by atoms with Gasteiger partial charge in [-0.05, 0) is 49.8 Å². The average molecular weight is 448 g/mol. The minimum Gasteiger partial charge on any atom is -0.496 e. The summed E-state index contributed by atoms with van der Waals surface area (Å²) in [5, 5.41) is 3.11. The van der Waals surface area contributed by atoms with Crippen molar-refractivity contribution in [3.05, 3.63) is 65.7 Å². The molecule has 2 aliphatic rings. The van der Waals surface area contributed by atoms with Crippen molar-refractivity contribution in [2.75, 3.05) is 13.7 Å². The van der Waals surface area contributed by atoms with Gasteiger partial charge in [0, 0.05) is 18.0 Å². The third-order valence-electron chi connectivity index (χ3n) is 6.84. The summed E-state index contributed by atoms with van der Waals surface area (Å²) in [7, 11) is 1.55. The SMILES string of the molecule is CCC1=NC(=O)N([C@H]2CC[C@](CNC(=O)c3ccccc3OC)(c3ccccc3)CC2)C1=O. The number of imide groups is 1. The van der Waals surface area contributed by atoms with Crippen molar-refractivity contribution in [1.82, 2.24) is 10.2 Å². The van der Waals surface area contributed by atoms with E-state index in [4.69, 9.17) is 4.74 Å². The summed E-state index contributed by atoms with van der Waals surface area (Å²) >= 11 is 0.